The van der Waals surface area contributed by atoms with Gasteiger partial charge in [-0.1, -0.05) is 19.3 Å². The maximum absolute atomic E-state index is 10.6. The van der Waals surface area contributed by atoms with Gasteiger partial charge in [-0.15, -0.1) is 0 Å². The summed E-state index contributed by atoms with van der Waals surface area (Å²) in [6.45, 7) is 0. The van der Waals surface area contributed by atoms with Crippen molar-refractivity contribution in [2.24, 2.45) is 11.8 Å². The second-order valence-electron chi connectivity index (χ2n) is 4.27. The number of hydrogen-bond donors (Lipinski definition) is 1. The average molecular weight is 168 g/mol. The molecular weight excluding hydrogens is 152 g/mol. The maximum atomic E-state index is 10.6. The van der Waals surface area contributed by atoms with E-state index in [0.717, 1.165) is 32.0 Å². The van der Waals surface area contributed by atoms with E-state index in [1.165, 1.54) is 12.8 Å². The predicted octanol–water partition coefficient (Wildman–Crippen LogP) is 1.52. The number of carbonyl (C=O) groups excluding carboxylic acids is 1. The molecule has 0 bridgehead atoms. The molecule has 0 radical (unpaired) electrons. The van der Waals surface area contributed by atoms with E-state index >= 15 is 0 Å². The molecule has 3 atom stereocenters. The summed E-state index contributed by atoms with van der Waals surface area (Å²) in [5.74, 6) is 0.371. The maximum Gasteiger partial charge on any atom is 0.125 e. The number of rotatable bonds is 1. The SMILES string of the molecule is O=C[C@H]1CC2CCCCCC21O. The molecule has 0 aliphatic heterocycles. The first-order chi connectivity index (χ1) is 5.77. The van der Waals surface area contributed by atoms with E-state index in [1.807, 2.05) is 0 Å². The molecule has 0 heterocycles. The van der Waals surface area contributed by atoms with Crippen LogP contribution in [0.5, 0.6) is 0 Å². The van der Waals surface area contributed by atoms with Gasteiger partial charge in [0.1, 0.15) is 6.29 Å². The number of carbonyl (C=O) groups is 1. The van der Waals surface area contributed by atoms with Crippen molar-refractivity contribution >= 4 is 6.29 Å². The van der Waals surface area contributed by atoms with E-state index in [2.05, 4.69) is 0 Å². The summed E-state index contributed by atoms with van der Waals surface area (Å²) in [5, 5.41) is 10.1. The predicted molar refractivity (Wildman–Crippen MR) is 45.7 cm³/mol. The van der Waals surface area contributed by atoms with E-state index in [1.54, 1.807) is 0 Å². The Hall–Kier alpha value is -0.370. The molecule has 2 rings (SSSR count). The number of aliphatic hydroxyl groups is 1. The lowest BCUT2D eigenvalue weighted by atomic mass is 9.59. The fourth-order valence-corrected chi connectivity index (χ4v) is 2.76. The highest BCUT2D eigenvalue weighted by Crippen LogP contribution is 2.50. The standard InChI is InChI=1S/C10H16O2/c11-7-9-6-8-4-2-1-3-5-10(8,9)12/h7-9,12H,1-6H2/t8?,9-,10?/m1/s1. The van der Waals surface area contributed by atoms with Crippen molar-refractivity contribution in [3.8, 4) is 0 Å². The molecule has 2 aliphatic rings. The first-order valence-electron chi connectivity index (χ1n) is 4.95. The van der Waals surface area contributed by atoms with E-state index in [-0.39, 0.29) is 5.92 Å². The van der Waals surface area contributed by atoms with Crippen LogP contribution in [0.1, 0.15) is 38.5 Å². The van der Waals surface area contributed by atoms with Crippen LogP contribution in [0.4, 0.5) is 0 Å². The third kappa shape index (κ3) is 1.01. The lowest BCUT2D eigenvalue weighted by Crippen LogP contribution is -2.55. The Balaban J connectivity index is 2.09. The van der Waals surface area contributed by atoms with Crippen molar-refractivity contribution in [1.82, 2.24) is 0 Å². The molecular formula is C10H16O2. The summed E-state index contributed by atoms with van der Waals surface area (Å²) in [6.07, 6.45) is 7.41. The number of aldehydes is 1. The van der Waals surface area contributed by atoms with Crippen molar-refractivity contribution in [3.05, 3.63) is 0 Å². The molecule has 1 N–H and O–H groups in total. The summed E-state index contributed by atoms with van der Waals surface area (Å²) in [4.78, 5) is 10.6. The molecule has 0 aromatic heterocycles. The Labute approximate surface area is 73.0 Å². The van der Waals surface area contributed by atoms with Gasteiger partial charge in [0.05, 0.1) is 5.60 Å². The zero-order chi connectivity index (χ0) is 8.60. The Bertz CT molecular complexity index is 190. The molecule has 12 heavy (non-hydrogen) atoms. The quantitative estimate of drug-likeness (QED) is 0.603. The van der Waals surface area contributed by atoms with Crippen molar-refractivity contribution in [2.75, 3.05) is 0 Å². The summed E-state index contributed by atoms with van der Waals surface area (Å²) in [5.41, 5.74) is -0.599. The zero-order valence-corrected chi connectivity index (χ0v) is 7.33. The largest absolute Gasteiger partial charge is 0.389 e. The van der Waals surface area contributed by atoms with Crippen molar-refractivity contribution < 1.29 is 9.90 Å². The molecule has 2 unspecified atom stereocenters. The molecule has 0 aromatic carbocycles. The molecule has 0 spiro atoms. The fourth-order valence-electron chi connectivity index (χ4n) is 2.76. The highest BCUT2D eigenvalue weighted by Gasteiger charge is 2.53. The molecule has 0 aromatic rings. The monoisotopic (exact) mass is 168 g/mol. The highest BCUT2D eigenvalue weighted by atomic mass is 16.3. The molecule has 0 amide bonds. The summed E-state index contributed by atoms with van der Waals surface area (Å²) < 4.78 is 0. The molecule has 2 nitrogen and oxygen atoms in total. The van der Waals surface area contributed by atoms with Gasteiger partial charge in [0.25, 0.3) is 0 Å². The van der Waals surface area contributed by atoms with E-state index < -0.39 is 5.60 Å². The molecule has 2 fully saturated rings. The number of fused-ring (bicyclic) bond motifs is 1. The molecule has 2 heteroatoms. The second-order valence-corrected chi connectivity index (χ2v) is 4.27. The van der Waals surface area contributed by atoms with Gasteiger partial charge in [0, 0.05) is 5.92 Å². The van der Waals surface area contributed by atoms with E-state index in [4.69, 9.17) is 0 Å². The van der Waals surface area contributed by atoms with Crippen LogP contribution < -0.4 is 0 Å². The molecule has 2 aliphatic carbocycles. The van der Waals surface area contributed by atoms with Crippen LogP contribution in [0.25, 0.3) is 0 Å². The first-order valence-corrected chi connectivity index (χ1v) is 4.95. The van der Waals surface area contributed by atoms with Crippen LogP contribution in [0.2, 0.25) is 0 Å². The van der Waals surface area contributed by atoms with Crippen LogP contribution in [0, 0.1) is 11.8 Å². The summed E-state index contributed by atoms with van der Waals surface area (Å²) in [6, 6.07) is 0. The van der Waals surface area contributed by atoms with Gasteiger partial charge in [-0.2, -0.15) is 0 Å². The Morgan fingerprint density at radius 3 is 2.92 bits per heavy atom. The van der Waals surface area contributed by atoms with Gasteiger partial charge in [-0.3, -0.25) is 0 Å². The van der Waals surface area contributed by atoms with Crippen molar-refractivity contribution in [3.63, 3.8) is 0 Å². The minimum absolute atomic E-state index is 0.0550. The van der Waals surface area contributed by atoms with Crippen molar-refractivity contribution in [2.45, 2.75) is 44.1 Å². The fraction of sp³-hybridized carbons (Fsp3) is 0.900. The Morgan fingerprint density at radius 2 is 2.17 bits per heavy atom. The summed E-state index contributed by atoms with van der Waals surface area (Å²) in [7, 11) is 0. The minimum atomic E-state index is -0.599. The lowest BCUT2D eigenvalue weighted by Gasteiger charge is -2.49. The number of hydrogen-bond acceptors (Lipinski definition) is 2. The molecule has 68 valence electrons. The van der Waals surface area contributed by atoms with Gasteiger partial charge in [-0.25, -0.2) is 0 Å². The van der Waals surface area contributed by atoms with Crippen LogP contribution in [0.3, 0.4) is 0 Å². The van der Waals surface area contributed by atoms with Gasteiger partial charge >= 0.3 is 0 Å². The zero-order valence-electron chi connectivity index (χ0n) is 7.33. The van der Waals surface area contributed by atoms with E-state index in [9.17, 15) is 9.90 Å². The smallest absolute Gasteiger partial charge is 0.125 e. The van der Waals surface area contributed by atoms with Crippen LogP contribution in [-0.2, 0) is 4.79 Å². The van der Waals surface area contributed by atoms with E-state index in [0.29, 0.717) is 5.92 Å². The van der Waals surface area contributed by atoms with Gasteiger partial charge in [0.2, 0.25) is 0 Å². The van der Waals surface area contributed by atoms with Crippen LogP contribution >= 0.6 is 0 Å². The molecule has 2 saturated carbocycles. The lowest BCUT2D eigenvalue weighted by molar-refractivity contribution is -0.161. The molecule has 0 saturated heterocycles. The van der Waals surface area contributed by atoms with Gasteiger partial charge in [-0.05, 0) is 25.2 Å². The van der Waals surface area contributed by atoms with Crippen LogP contribution in [-0.4, -0.2) is 17.0 Å². The third-order valence-electron chi connectivity index (χ3n) is 3.68. The third-order valence-corrected chi connectivity index (χ3v) is 3.68. The normalized spacial score (nSPS) is 47.1. The second kappa shape index (κ2) is 2.84. The van der Waals surface area contributed by atoms with Gasteiger partial charge < -0.3 is 9.90 Å². The topological polar surface area (TPSA) is 37.3 Å². The minimum Gasteiger partial charge on any atom is -0.389 e. The Morgan fingerprint density at radius 1 is 1.33 bits per heavy atom. The Kier molecular flexibility index (Phi) is 1.95. The van der Waals surface area contributed by atoms with Gasteiger partial charge in [0.15, 0.2) is 0 Å². The van der Waals surface area contributed by atoms with Crippen LogP contribution in [0.15, 0.2) is 0 Å². The summed E-state index contributed by atoms with van der Waals surface area (Å²) >= 11 is 0. The first kappa shape index (κ1) is 8.24. The average Bonchev–Trinajstić information content (AvgIpc) is 2.19. The highest BCUT2D eigenvalue weighted by molar-refractivity contribution is 5.58. The van der Waals surface area contributed by atoms with Crippen molar-refractivity contribution in [1.29, 1.82) is 0 Å².